The second-order valence-electron chi connectivity index (χ2n) is 5.04. The zero-order chi connectivity index (χ0) is 11.6. The van der Waals surface area contributed by atoms with Crippen LogP contribution in [0.5, 0.6) is 0 Å². The lowest BCUT2D eigenvalue weighted by Crippen LogP contribution is -2.40. The first-order valence-electron chi connectivity index (χ1n) is 5.45. The van der Waals surface area contributed by atoms with Crippen LogP contribution in [0.1, 0.15) is 33.6 Å². The van der Waals surface area contributed by atoms with Crippen LogP contribution in [0.2, 0.25) is 0 Å². The van der Waals surface area contributed by atoms with Crippen LogP contribution in [0.3, 0.4) is 0 Å². The number of rotatable bonds is 3. The third-order valence-electron chi connectivity index (χ3n) is 3.04. The van der Waals surface area contributed by atoms with Crippen molar-refractivity contribution in [1.82, 2.24) is 4.90 Å². The molecular weight excluding hydrogens is 208 g/mol. The number of nitrogens with zero attached hydrogens (tertiary/aromatic N) is 1. The molecule has 0 aromatic rings. The highest BCUT2D eigenvalue weighted by atomic mass is 32.1. The molecule has 1 aliphatic rings. The highest BCUT2D eigenvalue weighted by molar-refractivity contribution is 7.80. The number of amides is 1. The van der Waals surface area contributed by atoms with Crippen LogP contribution in [0.15, 0.2) is 0 Å². The number of hydrogen-bond donors (Lipinski definition) is 1. The summed E-state index contributed by atoms with van der Waals surface area (Å²) in [5.74, 6) is -0.163. The SMILES string of the molecule is CCC(C(=O)N1CCC(C)(C)C1)C(N)=S. The maximum absolute atomic E-state index is 12.1. The molecule has 4 heteroatoms. The minimum Gasteiger partial charge on any atom is -0.393 e. The predicted molar refractivity (Wildman–Crippen MR) is 65.5 cm³/mol. The van der Waals surface area contributed by atoms with E-state index in [1.54, 1.807) is 0 Å². The Bertz CT molecular complexity index is 276. The van der Waals surface area contributed by atoms with Crippen molar-refractivity contribution in [3.05, 3.63) is 0 Å². The Kier molecular flexibility index (Phi) is 3.71. The van der Waals surface area contributed by atoms with Gasteiger partial charge in [0.25, 0.3) is 0 Å². The molecule has 2 N–H and O–H groups in total. The molecule has 0 spiro atoms. The molecule has 86 valence electrons. The number of thiocarbonyl (C=S) groups is 1. The van der Waals surface area contributed by atoms with Crippen LogP contribution in [-0.2, 0) is 4.79 Å². The number of hydrogen-bond acceptors (Lipinski definition) is 2. The largest absolute Gasteiger partial charge is 0.393 e. The van der Waals surface area contributed by atoms with Gasteiger partial charge in [0.1, 0.15) is 0 Å². The molecule has 3 nitrogen and oxygen atoms in total. The van der Waals surface area contributed by atoms with Gasteiger partial charge in [0.15, 0.2) is 0 Å². The molecule has 0 saturated carbocycles. The van der Waals surface area contributed by atoms with Gasteiger partial charge >= 0.3 is 0 Å². The summed E-state index contributed by atoms with van der Waals surface area (Å²) in [6, 6.07) is 0. The zero-order valence-corrected chi connectivity index (χ0v) is 10.6. The fraction of sp³-hybridized carbons (Fsp3) is 0.818. The van der Waals surface area contributed by atoms with Crippen molar-refractivity contribution < 1.29 is 4.79 Å². The molecule has 0 bridgehead atoms. The van der Waals surface area contributed by atoms with E-state index in [9.17, 15) is 4.79 Å². The molecular formula is C11H20N2OS. The summed E-state index contributed by atoms with van der Waals surface area (Å²) in [4.78, 5) is 14.3. The van der Waals surface area contributed by atoms with Crippen molar-refractivity contribution in [2.45, 2.75) is 33.6 Å². The number of nitrogens with two attached hydrogens (primary N) is 1. The van der Waals surface area contributed by atoms with Crippen LogP contribution in [0, 0.1) is 11.3 Å². The van der Waals surface area contributed by atoms with Crippen LogP contribution < -0.4 is 5.73 Å². The molecule has 0 aliphatic carbocycles. The van der Waals surface area contributed by atoms with Gasteiger partial charge in [-0.3, -0.25) is 4.79 Å². The van der Waals surface area contributed by atoms with E-state index < -0.39 is 0 Å². The smallest absolute Gasteiger partial charge is 0.232 e. The first-order chi connectivity index (χ1) is 6.87. The molecule has 15 heavy (non-hydrogen) atoms. The first-order valence-corrected chi connectivity index (χ1v) is 5.86. The van der Waals surface area contributed by atoms with Gasteiger partial charge in [-0.2, -0.15) is 0 Å². The van der Waals surface area contributed by atoms with Gasteiger partial charge in [-0.1, -0.05) is 33.0 Å². The van der Waals surface area contributed by atoms with E-state index in [0.29, 0.717) is 11.4 Å². The fourth-order valence-electron chi connectivity index (χ4n) is 2.02. The Balaban J connectivity index is 2.65. The average Bonchev–Trinajstić information content (AvgIpc) is 2.46. The van der Waals surface area contributed by atoms with Gasteiger partial charge in [-0.25, -0.2) is 0 Å². The van der Waals surface area contributed by atoms with Crippen LogP contribution >= 0.6 is 12.2 Å². The van der Waals surface area contributed by atoms with Gasteiger partial charge in [-0.15, -0.1) is 0 Å². The van der Waals surface area contributed by atoms with Gasteiger partial charge in [0.2, 0.25) is 5.91 Å². The van der Waals surface area contributed by atoms with E-state index in [0.717, 1.165) is 19.5 Å². The Labute approximate surface area is 97.0 Å². The van der Waals surface area contributed by atoms with Crippen molar-refractivity contribution in [2.24, 2.45) is 17.1 Å². The molecule has 0 aromatic carbocycles. The van der Waals surface area contributed by atoms with E-state index in [-0.39, 0.29) is 17.2 Å². The van der Waals surface area contributed by atoms with E-state index in [2.05, 4.69) is 13.8 Å². The molecule has 1 rings (SSSR count). The van der Waals surface area contributed by atoms with E-state index >= 15 is 0 Å². The lowest BCUT2D eigenvalue weighted by Gasteiger charge is -2.23. The summed E-state index contributed by atoms with van der Waals surface area (Å²) in [5.41, 5.74) is 5.81. The third kappa shape index (κ3) is 2.91. The maximum Gasteiger partial charge on any atom is 0.232 e. The highest BCUT2D eigenvalue weighted by Crippen LogP contribution is 2.29. The molecule has 1 unspecified atom stereocenters. The molecule has 1 aliphatic heterocycles. The molecule has 1 amide bonds. The van der Waals surface area contributed by atoms with Crippen LogP contribution in [-0.4, -0.2) is 28.9 Å². The van der Waals surface area contributed by atoms with Crippen LogP contribution in [0.25, 0.3) is 0 Å². The predicted octanol–water partition coefficient (Wildman–Crippen LogP) is 1.56. The molecule has 1 fully saturated rings. The second kappa shape index (κ2) is 4.47. The lowest BCUT2D eigenvalue weighted by molar-refractivity contribution is -0.132. The Morgan fingerprint density at radius 2 is 2.20 bits per heavy atom. The fourth-order valence-corrected chi connectivity index (χ4v) is 2.29. The Morgan fingerprint density at radius 1 is 1.60 bits per heavy atom. The number of carbonyl (C=O) groups excluding carboxylic acids is 1. The van der Waals surface area contributed by atoms with Crippen molar-refractivity contribution >= 4 is 23.1 Å². The summed E-state index contributed by atoms with van der Waals surface area (Å²) in [6.07, 6.45) is 1.76. The van der Waals surface area contributed by atoms with Crippen molar-refractivity contribution in [1.29, 1.82) is 0 Å². The molecule has 0 aromatic heterocycles. The third-order valence-corrected chi connectivity index (χ3v) is 3.32. The molecule has 1 saturated heterocycles. The monoisotopic (exact) mass is 228 g/mol. The summed E-state index contributed by atoms with van der Waals surface area (Å²) < 4.78 is 0. The average molecular weight is 228 g/mol. The van der Waals surface area contributed by atoms with Gasteiger partial charge in [-0.05, 0) is 18.3 Å². The molecule has 1 heterocycles. The van der Waals surface area contributed by atoms with E-state index in [1.807, 2.05) is 11.8 Å². The van der Waals surface area contributed by atoms with Gasteiger partial charge in [0.05, 0.1) is 10.9 Å². The quantitative estimate of drug-likeness (QED) is 0.746. The van der Waals surface area contributed by atoms with Crippen LogP contribution in [0.4, 0.5) is 0 Å². The highest BCUT2D eigenvalue weighted by Gasteiger charge is 2.35. The second-order valence-corrected chi connectivity index (χ2v) is 5.51. The zero-order valence-electron chi connectivity index (χ0n) is 9.75. The normalized spacial score (nSPS) is 21.4. The molecule has 1 atom stereocenters. The van der Waals surface area contributed by atoms with Crippen molar-refractivity contribution in [2.75, 3.05) is 13.1 Å². The Morgan fingerprint density at radius 3 is 2.53 bits per heavy atom. The minimum absolute atomic E-state index is 0.107. The van der Waals surface area contributed by atoms with Gasteiger partial charge < -0.3 is 10.6 Å². The van der Waals surface area contributed by atoms with E-state index in [1.165, 1.54) is 0 Å². The first kappa shape index (κ1) is 12.4. The Hall–Kier alpha value is -0.640. The molecule has 0 radical (unpaired) electrons. The standard InChI is InChI=1S/C11H20N2OS/c1-4-8(9(12)15)10(14)13-6-5-11(2,3)7-13/h8H,4-7H2,1-3H3,(H2,12,15). The lowest BCUT2D eigenvalue weighted by atomic mass is 9.93. The summed E-state index contributed by atoms with van der Waals surface area (Å²) in [7, 11) is 0. The van der Waals surface area contributed by atoms with Crippen molar-refractivity contribution in [3.8, 4) is 0 Å². The van der Waals surface area contributed by atoms with E-state index in [4.69, 9.17) is 18.0 Å². The minimum atomic E-state index is -0.270. The topological polar surface area (TPSA) is 46.3 Å². The number of likely N-dealkylation sites (tertiary alicyclic amines) is 1. The summed E-state index contributed by atoms with van der Waals surface area (Å²) in [6.45, 7) is 7.98. The number of carbonyl (C=O) groups is 1. The van der Waals surface area contributed by atoms with Gasteiger partial charge in [0, 0.05) is 13.1 Å². The summed E-state index contributed by atoms with van der Waals surface area (Å²) in [5, 5.41) is 0. The maximum atomic E-state index is 12.1. The summed E-state index contributed by atoms with van der Waals surface area (Å²) >= 11 is 4.92. The van der Waals surface area contributed by atoms with Crippen molar-refractivity contribution in [3.63, 3.8) is 0 Å².